The van der Waals surface area contributed by atoms with Crippen molar-refractivity contribution in [3.05, 3.63) is 40.3 Å². The first-order valence-electron chi connectivity index (χ1n) is 8.96. The molecule has 1 saturated heterocycles. The van der Waals surface area contributed by atoms with Crippen molar-refractivity contribution in [3.63, 3.8) is 0 Å². The number of aromatic nitrogens is 2. The zero-order chi connectivity index (χ0) is 18.6. The first-order chi connectivity index (χ1) is 12.5. The summed E-state index contributed by atoms with van der Waals surface area (Å²) >= 11 is 0. The number of benzene rings is 1. The third-order valence-electron chi connectivity index (χ3n) is 5.14. The number of carbonyl (C=O) groups is 1. The van der Waals surface area contributed by atoms with E-state index in [0.717, 1.165) is 31.3 Å². The molecule has 26 heavy (non-hydrogen) atoms. The molecule has 0 saturated carbocycles. The molecule has 0 aliphatic carbocycles. The second kappa shape index (κ2) is 7.97. The van der Waals surface area contributed by atoms with Gasteiger partial charge in [0.15, 0.2) is 0 Å². The van der Waals surface area contributed by atoms with Crippen LogP contribution in [0.1, 0.15) is 18.5 Å². The number of carbonyl (C=O) groups excluding carboxylic acids is 1. The Morgan fingerprint density at radius 3 is 2.69 bits per heavy atom. The fraction of sp³-hybridized carbons (Fsp3) is 0.526. The number of nitrogens with one attached hydrogen (secondary N) is 2. The van der Waals surface area contributed by atoms with Gasteiger partial charge in [-0.05, 0) is 32.0 Å². The Labute approximate surface area is 152 Å². The molecule has 0 radical (unpaired) electrons. The fourth-order valence-corrected chi connectivity index (χ4v) is 3.64. The van der Waals surface area contributed by atoms with Crippen molar-refractivity contribution in [3.8, 4) is 0 Å². The van der Waals surface area contributed by atoms with Gasteiger partial charge in [-0.15, -0.1) is 0 Å². The minimum Gasteiger partial charge on any atom is -0.384 e. The van der Waals surface area contributed by atoms with Crippen LogP contribution in [-0.2, 0) is 23.0 Å². The van der Waals surface area contributed by atoms with Crippen molar-refractivity contribution in [2.24, 2.45) is 12.5 Å². The largest absolute Gasteiger partial charge is 0.384 e. The molecule has 1 aliphatic heterocycles. The lowest BCUT2D eigenvalue weighted by Crippen LogP contribution is -2.47. The molecule has 0 bridgehead atoms. The van der Waals surface area contributed by atoms with E-state index in [2.05, 4.69) is 15.7 Å². The standard InChI is InChI=1S/C19H26N4O3/c1-23-18(25)15-6-4-3-5-14(15)16(22-23)11-17(24)21-12-19(13-26-2)7-9-20-10-8-19/h3-6,20H,7-13H2,1-2H3,(H,21,24). The van der Waals surface area contributed by atoms with E-state index >= 15 is 0 Å². The second-order valence-electron chi connectivity index (χ2n) is 7.06. The maximum atomic E-state index is 12.5. The minimum absolute atomic E-state index is 0.0191. The zero-order valence-electron chi connectivity index (χ0n) is 15.4. The number of ether oxygens (including phenoxy) is 1. The van der Waals surface area contributed by atoms with Crippen molar-refractivity contribution < 1.29 is 9.53 Å². The Morgan fingerprint density at radius 1 is 1.31 bits per heavy atom. The zero-order valence-corrected chi connectivity index (χ0v) is 15.4. The highest BCUT2D eigenvalue weighted by Crippen LogP contribution is 2.28. The molecule has 7 nitrogen and oxygen atoms in total. The van der Waals surface area contributed by atoms with Crippen LogP contribution in [0.5, 0.6) is 0 Å². The van der Waals surface area contributed by atoms with Gasteiger partial charge in [0.1, 0.15) is 0 Å². The predicted molar refractivity (Wildman–Crippen MR) is 100 cm³/mol. The van der Waals surface area contributed by atoms with E-state index in [0.29, 0.717) is 24.2 Å². The number of hydrogen-bond acceptors (Lipinski definition) is 5. The van der Waals surface area contributed by atoms with Gasteiger partial charge in [0.05, 0.1) is 24.1 Å². The highest BCUT2D eigenvalue weighted by atomic mass is 16.5. The van der Waals surface area contributed by atoms with E-state index in [1.165, 1.54) is 4.68 Å². The maximum Gasteiger partial charge on any atom is 0.274 e. The van der Waals surface area contributed by atoms with E-state index < -0.39 is 0 Å². The highest BCUT2D eigenvalue weighted by Gasteiger charge is 2.32. The average molecular weight is 358 g/mol. The molecular weight excluding hydrogens is 332 g/mol. The van der Waals surface area contributed by atoms with Gasteiger partial charge in [-0.25, -0.2) is 4.68 Å². The number of amides is 1. The molecule has 3 rings (SSSR count). The van der Waals surface area contributed by atoms with Crippen molar-refractivity contribution in [1.82, 2.24) is 20.4 Å². The average Bonchev–Trinajstić information content (AvgIpc) is 2.65. The Hall–Kier alpha value is -2.25. The molecule has 2 N–H and O–H groups in total. The van der Waals surface area contributed by atoms with Crippen LogP contribution < -0.4 is 16.2 Å². The first-order valence-corrected chi connectivity index (χ1v) is 8.96. The number of piperidine rings is 1. The number of hydrogen-bond donors (Lipinski definition) is 2. The Morgan fingerprint density at radius 2 is 2.00 bits per heavy atom. The van der Waals surface area contributed by atoms with Crippen molar-refractivity contribution in [2.45, 2.75) is 19.3 Å². The van der Waals surface area contributed by atoms with Gasteiger partial charge in [0.2, 0.25) is 5.91 Å². The molecule has 1 fully saturated rings. The minimum atomic E-state index is -0.154. The van der Waals surface area contributed by atoms with Crippen molar-refractivity contribution in [2.75, 3.05) is 33.4 Å². The Kier molecular flexibility index (Phi) is 5.68. The number of aryl methyl sites for hydroxylation is 1. The van der Waals surface area contributed by atoms with Gasteiger partial charge in [0.25, 0.3) is 5.56 Å². The molecule has 1 amide bonds. The Balaban J connectivity index is 1.73. The van der Waals surface area contributed by atoms with E-state index in [9.17, 15) is 9.59 Å². The van der Waals surface area contributed by atoms with Crippen LogP contribution in [0.4, 0.5) is 0 Å². The van der Waals surface area contributed by atoms with Crippen LogP contribution in [0.25, 0.3) is 10.8 Å². The number of fused-ring (bicyclic) bond motifs is 1. The number of methoxy groups -OCH3 is 1. The summed E-state index contributed by atoms with van der Waals surface area (Å²) in [6.07, 6.45) is 2.10. The van der Waals surface area contributed by atoms with Crippen LogP contribution in [0, 0.1) is 5.41 Å². The van der Waals surface area contributed by atoms with Crippen LogP contribution in [-0.4, -0.2) is 49.0 Å². The molecule has 1 aliphatic rings. The van der Waals surface area contributed by atoms with Gasteiger partial charge in [0, 0.05) is 31.5 Å². The van der Waals surface area contributed by atoms with Gasteiger partial charge >= 0.3 is 0 Å². The lowest BCUT2D eigenvalue weighted by molar-refractivity contribution is -0.121. The van der Waals surface area contributed by atoms with Gasteiger partial charge < -0.3 is 15.4 Å². The molecular formula is C19H26N4O3. The summed E-state index contributed by atoms with van der Waals surface area (Å²) in [5, 5.41) is 12.0. The number of rotatable bonds is 6. The quantitative estimate of drug-likeness (QED) is 0.790. The molecule has 2 heterocycles. The van der Waals surface area contributed by atoms with Crippen LogP contribution >= 0.6 is 0 Å². The summed E-state index contributed by atoms with van der Waals surface area (Å²) in [6.45, 7) is 3.10. The molecule has 0 unspecified atom stereocenters. The molecule has 7 heteroatoms. The summed E-state index contributed by atoms with van der Waals surface area (Å²) in [5.74, 6) is -0.0877. The lowest BCUT2D eigenvalue weighted by atomic mass is 9.79. The molecule has 0 spiro atoms. The monoisotopic (exact) mass is 358 g/mol. The summed E-state index contributed by atoms with van der Waals surface area (Å²) in [5.41, 5.74) is 0.444. The smallest absolute Gasteiger partial charge is 0.274 e. The van der Waals surface area contributed by atoms with E-state index in [1.807, 2.05) is 18.2 Å². The fourth-order valence-electron chi connectivity index (χ4n) is 3.64. The Bertz CT molecular complexity index is 835. The second-order valence-corrected chi connectivity index (χ2v) is 7.06. The van der Waals surface area contributed by atoms with Gasteiger partial charge in [-0.3, -0.25) is 9.59 Å². The summed E-state index contributed by atoms with van der Waals surface area (Å²) < 4.78 is 6.69. The third-order valence-corrected chi connectivity index (χ3v) is 5.14. The van der Waals surface area contributed by atoms with E-state index in [4.69, 9.17) is 4.74 Å². The lowest BCUT2D eigenvalue weighted by Gasteiger charge is -2.37. The highest BCUT2D eigenvalue weighted by molar-refractivity contribution is 5.88. The summed E-state index contributed by atoms with van der Waals surface area (Å²) in [4.78, 5) is 24.7. The molecule has 1 aromatic carbocycles. The van der Waals surface area contributed by atoms with Crippen LogP contribution in [0.2, 0.25) is 0 Å². The third kappa shape index (κ3) is 3.94. The molecule has 1 aromatic heterocycles. The van der Waals surface area contributed by atoms with Crippen LogP contribution in [0.3, 0.4) is 0 Å². The number of nitrogens with zero attached hydrogens (tertiary/aromatic N) is 2. The van der Waals surface area contributed by atoms with Crippen molar-refractivity contribution >= 4 is 16.7 Å². The van der Waals surface area contributed by atoms with Gasteiger partial charge in [-0.2, -0.15) is 5.10 Å². The molecule has 2 aromatic rings. The van der Waals surface area contributed by atoms with E-state index in [1.54, 1.807) is 20.2 Å². The molecule has 0 atom stereocenters. The van der Waals surface area contributed by atoms with Gasteiger partial charge in [-0.1, -0.05) is 18.2 Å². The summed E-state index contributed by atoms with van der Waals surface area (Å²) in [7, 11) is 3.31. The summed E-state index contributed by atoms with van der Waals surface area (Å²) in [6, 6.07) is 7.28. The van der Waals surface area contributed by atoms with Crippen LogP contribution in [0.15, 0.2) is 29.1 Å². The SMILES string of the molecule is COCC1(CNC(=O)Cc2nn(C)c(=O)c3ccccc23)CCNCC1. The normalized spacial score (nSPS) is 16.5. The predicted octanol–water partition coefficient (Wildman–Crippen LogP) is 0.608. The topological polar surface area (TPSA) is 85.2 Å². The molecule has 140 valence electrons. The van der Waals surface area contributed by atoms with E-state index in [-0.39, 0.29) is 23.3 Å². The maximum absolute atomic E-state index is 12.5. The van der Waals surface area contributed by atoms with Crippen molar-refractivity contribution in [1.29, 1.82) is 0 Å². The first kappa shape index (κ1) is 18.5.